The molecule has 228 valence electrons. The summed E-state index contributed by atoms with van der Waals surface area (Å²) in [5.41, 5.74) is 2.09. The fourth-order valence-corrected chi connectivity index (χ4v) is 5.30. The van der Waals surface area contributed by atoms with Crippen LogP contribution < -0.4 is 16.3 Å². The molecule has 1 unspecified atom stereocenters. The van der Waals surface area contributed by atoms with E-state index in [1.54, 1.807) is 24.3 Å². The number of hydrogen-bond donors (Lipinski definition) is 3. The summed E-state index contributed by atoms with van der Waals surface area (Å²) in [6, 6.07) is 11.4. The quantitative estimate of drug-likeness (QED) is 0.120. The molecule has 2 aliphatic heterocycles. The molecule has 0 spiro atoms. The van der Waals surface area contributed by atoms with Crippen LogP contribution in [0.2, 0.25) is 10.0 Å². The number of carbonyl (C=O) groups is 1. The van der Waals surface area contributed by atoms with Gasteiger partial charge in [0, 0.05) is 48.7 Å². The van der Waals surface area contributed by atoms with Crippen LogP contribution in [0.15, 0.2) is 67.0 Å². The Bertz CT molecular complexity index is 1540. The van der Waals surface area contributed by atoms with Crippen molar-refractivity contribution in [2.45, 2.75) is 11.8 Å². The maximum Gasteiger partial charge on any atom is 0.428 e. The van der Waals surface area contributed by atoms with Crippen LogP contribution in [0.4, 0.5) is 17.6 Å². The number of rotatable bonds is 9. The number of ether oxygens (including phenoxy) is 1. The molecule has 2 heterocycles. The lowest BCUT2D eigenvalue weighted by Gasteiger charge is -2.28. The molecule has 5 rings (SSSR count). The third-order valence-corrected chi connectivity index (χ3v) is 7.57. The Hall–Kier alpha value is -3.39. The second-order valence-electron chi connectivity index (χ2n) is 9.68. The number of amides is 1. The Labute approximate surface area is 254 Å². The van der Waals surface area contributed by atoms with Gasteiger partial charge >= 0.3 is 6.18 Å². The topological polar surface area (TPSA) is 84.1 Å². The summed E-state index contributed by atoms with van der Waals surface area (Å²) in [5, 5.41) is 2.45. The molecule has 1 saturated heterocycles. The minimum Gasteiger partial charge on any atom is -0.379 e. The third-order valence-electron chi connectivity index (χ3n) is 7.02. The summed E-state index contributed by atoms with van der Waals surface area (Å²) in [4.78, 5) is 25.7. The molecular weight excluding hydrogens is 615 g/mol. The fraction of sp³-hybridized carbons (Fsp3) is 0.276. The first-order valence-electron chi connectivity index (χ1n) is 13.1. The number of alkyl halides is 3. The number of morpholine rings is 1. The molecule has 0 aliphatic carbocycles. The average Bonchev–Trinajstić information content (AvgIpc) is 3.46. The summed E-state index contributed by atoms with van der Waals surface area (Å²) >= 11 is 11.6. The standard InChI is InChI=1S/C29H26Cl2F4N4O4/c30-23-15-18(16-24(31)26(23)32)28(29(33,34)35)17-25(38-43-28)21-5-6-22(20-4-2-1-3-19(20)21)27(40)36-7-8-37-42-14-11-39-9-12-41-13-10-39/h1-8,15-17,37-38H,9-14H2,(H,36,40). The van der Waals surface area contributed by atoms with E-state index in [1.165, 1.54) is 24.5 Å². The predicted molar refractivity (Wildman–Crippen MR) is 153 cm³/mol. The molecule has 0 saturated carbocycles. The van der Waals surface area contributed by atoms with E-state index in [0.717, 1.165) is 37.8 Å². The van der Waals surface area contributed by atoms with Crippen LogP contribution in [0.3, 0.4) is 0 Å². The zero-order valence-electron chi connectivity index (χ0n) is 22.4. The van der Waals surface area contributed by atoms with E-state index in [-0.39, 0.29) is 11.3 Å². The number of hydroxylamine groups is 2. The van der Waals surface area contributed by atoms with E-state index >= 15 is 0 Å². The molecule has 14 heteroatoms. The van der Waals surface area contributed by atoms with Crippen LogP contribution in [-0.2, 0) is 20.0 Å². The highest BCUT2D eigenvalue weighted by molar-refractivity contribution is 6.35. The Morgan fingerprint density at radius 1 is 1.07 bits per heavy atom. The van der Waals surface area contributed by atoms with E-state index in [4.69, 9.17) is 37.6 Å². The summed E-state index contributed by atoms with van der Waals surface area (Å²) in [6.07, 6.45) is -1.33. The second-order valence-corrected chi connectivity index (χ2v) is 10.5. The van der Waals surface area contributed by atoms with Crippen molar-refractivity contribution >= 4 is 45.6 Å². The molecule has 0 radical (unpaired) electrons. The maximum atomic E-state index is 14.5. The minimum atomic E-state index is -4.98. The number of nitrogens with one attached hydrogen (secondary N) is 3. The van der Waals surface area contributed by atoms with E-state index < -0.39 is 39.1 Å². The second kappa shape index (κ2) is 13.1. The van der Waals surface area contributed by atoms with Gasteiger partial charge in [-0.3, -0.25) is 30.3 Å². The zero-order valence-corrected chi connectivity index (χ0v) is 24.0. The van der Waals surface area contributed by atoms with Crippen LogP contribution in [0.5, 0.6) is 0 Å². The first kappa shape index (κ1) is 31.0. The number of benzene rings is 3. The van der Waals surface area contributed by atoms with Crippen molar-refractivity contribution in [3.8, 4) is 0 Å². The molecule has 8 nitrogen and oxygen atoms in total. The molecule has 3 aromatic rings. The van der Waals surface area contributed by atoms with E-state index in [2.05, 4.69) is 21.2 Å². The van der Waals surface area contributed by atoms with Crippen LogP contribution in [0, 0.1) is 5.82 Å². The predicted octanol–water partition coefficient (Wildman–Crippen LogP) is 5.67. The Kier molecular flexibility index (Phi) is 9.45. The summed E-state index contributed by atoms with van der Waals surface area (Å²) in [7, 11) is 0. The van der Waals surface area contributed by atoms with Crippen LogP contribution in [-0.4, -0.2) is 56.4 Å². The highest BCUT2D eigenvalue weighted by Crippen LogP contribution is 2.49. The average molecular weight is 641 g/mol. The van der Waals surface area contributed by atoms with Gasteiger partial charge in [0.2, 0.25) is 5.60 Å². The smallest absolute Gasteiger partial charge is 0.379 e. The first-order valence-corrected chi connectivity index (χ1v) is 13.9. The van der Waals surface area contributed by atoms with Gasteiger partial charge in [-0.25, -0.2) is 4.39 Å². The van der Waals surface area contributed by atoms with Crippen molar-refractivity contribution in [3.63, 3.8) is 0 Å². The van der Waals surface area contributed by atoms with Gasteiger partial charge in [-0.2, -0.15) is 13.2 Å². The molecule has 0 aromatic heterocycles. The first-order chi connectivity index (χ1) is 20.6. The molecule has 1 atom stereocenters. The fourth-order valence-electron chi connectivity index (χ4n) is 4.81. The van der Waals surface area contributed by atoms with Crippen molar-refractivity contribution in [1.82, 2.24) is 21.2 Å². The van der Waals surface area contributed by atoms with Gasteiger partial charge in [0.05, 0.1) is 35.6 Å². The Morgan fingerprint density at radius 3 is 2.47 bits per heavy atom. The number of nitrogens with zero attached hydrogens (tertiary/aromatic N) is 1. The normalized spacial score (nSPS) is 19.4. The molecule has 43 heavy (non-hydrogen) atoms. The maximum absolute atomic E-state index is 14.5. The molecular formula is C29H26Cl2F4N4O4. The summed E-state index contributed by atoms with van der Waals surface area (Å²) in [5.74, 6) is -1.49. The van der Waals surface area contributed by atoms with Gasteiger partial charge in [0.15, 0.2) is 5.82 Å². The van der Waals surface area contributed by atoms with Crippen LogP contribution in [0.25, 0.3) is 16.5 Å². The van der Waals surface area contributed by atoms with Gasteiger partial charge in [0.1, 0.15) is 0 Å². The van der Waals surface area contributed by atoms with Gasteiger partial charge in [-0.05, 0) is 35.0 Å². The molecule has 1 amide bonds. The molecule has 3 aromatic carbocycles. The summed E-state index contributed by atoms with van der Waals surface area (Å²) in [6.45, 7) is 4.28. The Morgan fingerprint density at radius 2 is 1.77 bits per heavy atom. The SMILES string of the molecule is O=C(NC=CNOCCN1CCOCC1)c1ccc(C2=CC(c3cc(Cl)c(F)c(Cl)c3)(C(F)(F)F)ON2)c2ccccc12. The monoisotopic (exact) mass is 640 g/mol. The lowest BCUT2D eigenvalue weighted by Crippen LogP contribution is -2.42. The van der Waals surface area contributed by atoms with E-state index in [9.17, 15) is 22.4 Å². The van der Waals surface area contributed by atoms with E-state index in [0.29, 0.717) is 36.2 Å². The molecule has 3 N–H and O–H groups in total. The highest BCUT2D eigenvalue weighted by Gasteiger charge is 2.60. The van der Waals surface area contributed by atoms with Crippen molar-refractivity contribution in [2.24, 2.45) is 0 Å². The van der Waals surface area contributed by atoms with Gasteiger partial charge in [-0.1, -0.05) is 53.5 Å². The number of fused-ring (bicyclic) bond motifs is 1. The van der Waals surface area contributed by atoms with Gasteiger partial charge in [0.25, 0.3) is 5.91 Å². The number of carbonyl (C=O) groups excluding carboxylic acids is 1. The molecule has 2 aliphatic rings. The largest absolute Gasteiger partial charge is 0.428 e. The van der Waals surface area contributed by atoms with Crippen molar-refractivity contribution in [3.05, 3.63) is 99.6 Å². The number of halogens is 6. The van der Waals surface area contributed by atoms with Crippen LogP contribution >= 0.6 is 23.2 Å². The summed E-state index contributed by atoms with van der Waals surface area (Å²) < 4.78 is 62.7. The van der Waals surface area contributed by atoms with Crippen molar-refractivity contribution in [1.29, 1.82) is 0 Å². The molecule has 0 bridgehead atoms. The zero-order chi connectivity index (χ0) is 30.6. The van der Waals surface area contributed by atoms with Crippen molar-refractivity contribution < 1.29 is 36.8 Å². The number of hydrogen-bond acceptors (Lipinski definition) is 7. The van der Waals surface area contributed by atoms with Gasteiger partial charge < -0.3 is 10.1 Å². The minimum absolute atomic E-state index is 0.0182. The lowest BCUT2D eigenvalue weighted by molar-refractivity contribution is -0.269. The van der Waals surface area contributed by atoms with E-state index in [1.807, 2.05) is 0 Å². The van der Waals surface area contributed by atoms with Crippen LogP contribution in [0.1, 0.15) is 21.5 Å². The van der Waals surface area contributed by atoms with Gasteiger partial charge in [-0.15, -0.1) is 0 Å². The molecule has 1 fully saturated rings. The third kappa shape index (κ3) is 6.59. The Balaban J connectivity index is 1.34. The highest BCUT2D eigenvalue weighted by atomic mass is 35.5. The van der Waals surface area contributed by atoms with Crippen molar-refractivity contribution in [2.75, 3.05) is 39.5 Å². The lowest BCUT2D eigenvalue weighted by atomic mass is 9.90.